The number of amides is 1. The summed E-state index contributed by atoms with van der Waals surface area (Å²) < 4.78 is 31.1. The summed E-state index contributed by atoms with van der Waals surface area (Å²) in [5.41, 5.74) is 1.53. The molecule has 0 unspecified atom stereocenters. The molecule has 0 spiro atoms. The maximum absolute atomic E-state index is 12.2. The van der Waals surface area contributed by atoms with Crippen molar-refractivity contribution in [3.8, 4) is 5.75 Å². The number of ether oxygens (including phenoxy) is 1. The number of nitrogens with zero attached hydrogens (tertiary/aromatic N) is 1. The van der Waals surface area contributed by atoms with Gasteiger partial charge in [0.25, 0.3) is 0 Å². The van der Waals surface area contributed by atoms with Crippen molar-refractivity contribution >= 4 is 44.8 Å². The van der Waals surface area contributed by atoms with Gasteiger partial charge in [-0.1, -0.05) is 48.3 Å². The van der Waals surface area contributed by atoms with Crippen molar-refractivity contribution in [1.29, 1.82) is 0 Å². The molecule has 1 N–H and O–H groups in total. The Balaban J connectivity index is 1.78. The number of nitrogens with one attached hydrogen (secondary N) is 1. The average Bonchev–Trinajstić information content (AvgIpc) is 2.70. The molecule has 0 saturated carbocycles. The Bertz CT molecular complexity index is 950. The second-order valence-electron chi connectivity index (χ2n) is 6.71. The summed E-state index contributed by atoms with van der Waals surface area (Å²) in [6.07, 6.45) is 2.57. The topological polar surface area (TPSA) is 75.7 Å². The number of anilines is 1. The maximum Gasteiger partial charge on any atom is 0.232 e. The van der Waals surface area contributed by atoms with Gasteiger partial charge in [-0.2, -0.15) is 0 Å². The quantitative estimate of drug-likeness (QED) is 0.494. The zero-order valence-electron chi connectivity index (χ0n) is 17.0. The first-order chi connectivity index (χ1) is 14.2. The van der Waals surface area contributed by atoms with E-state index in [0.29, 0.717) is 25.3 Å². The average molecular weight is 473 g/mol. The fraction of sp³-hybridized carbons (Fsp3) is 0.381. The van der Waals surface area contributed by atoms with Crippen LogP contribution in [0.25, 0.3) is 0 Å². The molecule has 2 aromatic rings. The van der Waals surface area contributed by atoms with E-state index in [1.165, 1.54) is 5.56 Å². The lowest BCUT2D eigenvalue weighted by Crippen LogP contribution is -2.33. The zero-order valence-corrected chi connectivity index (χ0v) is 19.4. The van der Waals surface area contributed by atoms with Crippen LogP contribution in [0.3, 0.4) is 0 Å². The van der Waals surface area contributed by atoms with Crippen LogP contribution in [0.4, 0.5) is 5.69 Å². The second-order valence-corrected chi connectivity index (χ2v) is 9.40. The van der Waals surface area contributed by atoms with Crippen LogP contribution < -0.4 is 14.4 Å². The molecule has 1 amide bonds. The summed E-state index contributed by atoms with van der Waals surface area (Å²) in [4.78, 5) is 12.0. The third kappa shape index (κ3) is 7.38. The predicted octanol–water partition coefficient (Wildman–Crippen LogP) is 4.30. The van der Waals surface area contributed by atoms with Crippen molar-refractivity contribution < 1.29 is 17.9 Å². The molecule has 30 heavy (non-hydrogen) atoms. The van der Waals surface area contributed by atoms with Crippen LogP contribution in [-0.4, -0.2) is 40.3 Å². The summed E-state index contributed by atoms with van der Waals surface area (Å²) in [6.45, 7) is 2.92. The van der Waals surface area contributed by atoms with E-state index in [-0.39, 0.29) is 28.9 Å². The molecule has 0 aliphatic carbocycles. The van der Waals surface area contributed by atoms with Crippen LogP contribution in [-0.2, 0) is 21.2 Å². The van der Waals surface area contributed by atoms with Crippen LogP contribution in [0, 0.1) is 0 Å². The molecule has 0 saturated heterocycles. The molecule has 0 radical (unpaired) electrons. The number of carbonyl (C=O) groups excluding carboxylic acids is 1. The standard InChI is InChI=1S/C21H26Cl2N2O4S/c1-3-16-9-11-17(12-10-16)29-15-13-24-20(26)8-5-14-25(30(2,27)28)19-7-4-6-18(22)21(19)23/h4,6-7,9-12H,3,5,8,13-15H2,1-2H3,(H,24,26). The van der Waals surface area contributed by atoms with E-state index in [1.54, 1.807) is 18.2 Å². The van der Waals surface area contributed by atoms with Gasteiger partial charge < -0.3 is 10.1 Å². The summed E-state index contributed by atoms with van der Waals surface area (Å²) in [5, 5.41) is 3.20. The molecule has 2 aromatic carbocycles. The zero-order chi connectivity index (χ0) is 22.1. The first-order valence-corrected chi connectivity index (χ1v) is 12.2. The normalized spacial score (nSPS) is 11.2. The molecule has 0 aliphatic heterocycles. The van der Waals surface area contributed by atoms with Crippen molar-refractivity contribution in [2.45, 2.75) is 26.2 Å². The van der Waals surface area contributed by atoms with Gasteiger partial charge in [-0.3, -0.25) is 9.10 Å². The molecule has 0 fully saturated rings. The molecule has 9 heteroatoms. The van der Waals surface area contributed by atoms with Gasteiger partial charge >= 0.3 is 0 Å². The van der Waals surface area contributed by atoms with Crippen molar-refractivity contribution in [3.05, 3.63) is 58.1 Å². The van der Waals surface area contributed by atoms with Crippen LogP contribution in [0.2, 0.25) is 10.0 Å². The Kier molecular flexibility index (Phi) is 9.27. The minimum absolute atomic E-state index is 0.118. The molecule has 6 nitrogen and oxygen atoms in total. The van der Waals surface area contributed by atoms with Crippen LogP contribution in [0.15, 0.2) is 42.5 Å². The van der Waals surface area contributed by atoms with Gasteiger partial charge in [0, 0.05) is 13.0 Å². The number of sulfonamides is 1. The van der Waals surface area contributed by atoms with Gasteiger partial charge in [0.2, 0.25) is 15.9 Å². The highest BCUT2D eigenvalue weighted by Gasteiger charge is 2.21. The van der Waals surface area contributed by atoms with Gasteiger partial charge in [0.05, 0.1) is 28.5 Å². The van der Waals surface area contributed by atoms with Crippen molar-refractivity contribution in [3.63, 3.8) is 0 Å². The van der Waals surface area contributed by atoms with Crippen molar-refractivity contribution in [2.75, 3.05) is 30.3 Å². The largest absolute Gasteiger partial charge is 0.492 e. The van der Waals surface area contributed by atoms with E-state index < -0.39 is 10.0 Å². The molecule has 0 bridgehead atoms. The van der Waals surface area contributed by atoms with Crippen LogP contribution in [0.5, 0.6) is 5.75 Å². The van der Waals surface area contributed by atoms with Gasteiger partial charge in [-0.25, -0.2) is 8.42 Å². The Morgan fingerprint density at radius 3 is 2.47 bits per heavy atom. The van der Waals surface area contributed by atoms with Gasteiger partial charge in [-0.15, -0.1) is 0 Å². The smallest absolute Gasteiger partial charge is 0.232 e. The third-order valence-corrected chi connectivity index (χ3v) is 6.38. The van der Waals surface area contributed by atoms with E-state index >= 15 is 0 Å². The van der Waals surface area contributed by atoms with Crippen LogP contribution >= 0.6 is 23.2 Å². The summed E-state index contributed by atoms with van der Waals surface area (Å²) in [7, 11) is -3.57. The number of halogens is 2. The lowest BCUT2D eigenvalue weighted by atomic mass is 10.2. The Hall–Kier alpha value is -1.96. The molecule has 2 rings (SSSR count). The molecule has 0 atom stereocenters. The van der Waals surface area contributed by atoms with Crippen molar-refractivity contribution in [1.82, 2.24) is 5.32 Å². The van der Waals surface area contributed by atoms with E-state index in [4.69, 9.17) is 27.9 Å². The Labute approximate surface area is 188 Å². The molecule has 0 aliphatic rings. The molecule has 0 heterocycles. The van der Waals surface area contributed by atoms with Gasteiger partial charge in [-0.05, 0) is 42.7 Å². The third-order valence-electron chi connectivity index (χ3n) is 4.39. The van der Waals surface area contributed by atoms with Gasteiger partial charge in [0.15, 0.2) is 0 Å². The van der Waals surface area contributed by atoms with E-state index in [0.717, 1.165) is 22.7 Å². The Morgan fingerprint density at radius 1 is 1.13 bits per heavy atom. The first kappa shape index (κ1) is 24.3. The van der Waals surface area contributed by atoms with E-state index in [9.17, 15) is 13.2 Å². The van der Waals surface area contributed by atoms with Crippen molar-refractivity contribution in [2.24, 2.45) is 0 Å². The molecular formula is C21H26Cl2N2O4S. The number of hydrogen-bond acceptors (Lipinski definition) is 4. The monoisotopic (exact) mass is 472 g/mol. The number of carbonyl (C=O) groups is 1. The second kappa shape index (κ2) is 11.4. The number of rotatable bonds is 11. The lowest BCUT2D eigenvalue weighted by molar-refractivity contribution is -0.121. The molecule has 0 aromatic heterocycles. The minimum atomic E-state index is -3.57. The lowest BCUT2D eigenvalue weighted by Gasteiger charge is -2.23. The van der Waals surface area contributed by atoms with E-state index in [2.05, 4.69) is 12.2 Å². The SMILES string of the molecule is CCc1ccc(OCCNC(=O)CCCN(c2cccc(Cl)c2Cl)S(C)(=O)=O)cc1. The number of aryl methyl sites for hydroxylation is 1. The highest BCUT2D eigenvalue weighted by molar-refractivity contribution is 7.92. The highest BCUT2D eigenvalue weighted by Crippen LogP contribution is 2.33. The van der Waals surface area contributed by atoms with Crippen LogP contribution in [0.1, 0.15) is 25.3 Å². The minimum Gasteiger partial charge on any atom is -0.492 e. The molecule has 164 valence electrons. The van der Waals surface area contributed by atoms with Gasteiger partial charge in [0.1, 0.15) is 12.4 Å². The summed E-state index contributed by atoms with van der Waals surface area (Å²) >= 11 is 12.1. The Morgan fingerprint density at radius 2 is 1.83 bits per heavy atom. The highest BCUT2D eigenvalue weighted by atomic mass is 35.5. The number of hydrogen-bond donors (Lipinski definition) is 1. The number of benzene rings is 2. The maximum atomic E-state index is 12.2. The van der Waals surface area contributed by atoms with E-state index in [1.807, 2.05) is 24.3 Å². The molecular weight excluding hydrogens is 447 g/mol. The summed E-state index contributed by atoms with van der Waals surface area (Å²) in [5.74, 6) is 0.578. The fourth-order valence-corrected chi connectivity index (χ4v) is 4.22. The fourth-order valence-electron chi connectivity index (χ4n) is 2.80. The summed E-state index contributed by atoms with van der Waals surface area (Å²) in [6, 6.07) is 12.6. The predicted molar refractivity (Wildman–Crippen MR) is 122 cm³/mol. The first-order valence-electron chi connectivity index (χ1n) is 9.62.